The lowest BCUT2D eigenvalue weighted by atomic mass is 10.0. The molecule has 0 bridgehead atoms. The molecule has 90 valence electrons. The predicted octanol–water partition coefficient (Wildman–Crippen LogP) is 0.865. The van der Waals surface area contributed by atoms with Crippen molar-refractivity contribution in [3.05, 3.63) is 28.8 Å². The Balaban J connectivity index is 2.66. The van der Waals surface area contributed by atoms with Crippen molar-refractivity contribution in [3.63, 3.8) is 0 Å². The maximum atomic E-state index is 5.37. The van der Waals surface area contributed by atoms with Crippen LogP contribution in [-0.4, -0.2) is 20.3 Å². The average molecular weight is 223 g/mol. The minimum atomic E-state index is 0.618. The summed E-state index contributed by atoms with van der Waals surface area (Å²) in [6, 6.07) is 4.28. The maximum absolute atomic E-state index is 5.37. The van der Waals surface area contributed by atoms with Gasteiger partial charge in [-0.1, -0.05) is 6.07 Å². The van der Waals surface area contributed by atoms with Crippen molar-refractivity contribution in [2.75, 3.05) is 20.3 Å². The van der Waals surface area contributed by atoms with E-state index < -0.39 is 0 Å². The van der Waals surface area contributed by atoms with Crippen molar-refractivity contribution in [1.82, 2.24) is 10.7 Å². The van der Waals surface area contributed by atoms with E-state index in [-0.39, 0.29) is 0 Å². The fourth-order valence-electron chi connectivity index (χ4n) is 1.62. The van der Waals surface area contributed by atoms with Gasteiger partial charge in [0.25, 0.3) is 0 Å². The lowest BCUT2D eigenvalue weighted by molar-refractivity contribution is 0.408. The Kier molecular flexibility index (Phi) is 5.25. The van der Waals surface area contributed by atoms with Crippen LogP contribution in [0, 0.1) is 13.8 Å². The van der Waals surface area contributed by atoms with Crippen molar-refractivity contribution in [2.45, 2.75) is 20.3 Å². The van der Waals surface area contributed by atoms with Gasteiger partial charge >= 0.3 is 0 Å². The second kappa shape index (κ2) is 6.48. The fraction of sp³-hybridized carbons (Fsp3) is 0.500. The number of rotatable bonds is 6. The molecule has 0 saturated heterocycles. The van der Waals surface area contributed by atoms with Crippen LogP contribution in [0.3, 0.4) is 0 Å². The van der Waals surface area contributed by atoms with Crippen LogP contribution < -0.4 is 21.3 Å². The van der Waals surface area contributed by atoms with Gasteiger partial charge < -0.3 is 10.1 Å². The molecule has 0 aliphatic carbocycles. The summed E-state index contributed by atoms with van der Waals surface area (Å²) in [4.78, 5) is 0. The number of benzene rings is 1. The molecule has 0 atom stereocenters. The first-order valence-corrected chi connectivity index (χ1v) is 5.47. The highest BCUT2D eigenvalue weighted by Crippen LogP contribution is 2.23. The van der Waals surface area contributed by atoms with Gasteiger partial charge in [-0.2, -0.15) is 0 Å². The van der Waals surface area contributed by atoms with Crippen LogP contribution in [0.5, 0.6) is 5.75 Å². The van der Waals surface area contributed by atoms with Crippen LogP contribution in [0.2, 0.25) is 0 Å². The van der Waals surface area contributed by atoms with Gasteiger partial charge in [-0.3, -0.25) is 5.84 Å². The van der Waals surface area contributed by atoms with Crippen molar-refractivity contribution in [3.8, 4) is 5.75 Å². The molecular weight excluding hydrogens is 202 g/mol. The van der Waals surface area contributed by atoms with Crippen LogP contribution in [0.4, 0.5) is 0 Å². The van der Waals surface area contributed by atoms with E-state index in [1.54, 1.807) is 7.11 Å². The molecule has 4 N–H and O–H groups in total. The zero-order valence-electron chi connectivity index (χ0n) is 10.3. The molecule has 0 heterocycles. The molecule has 0 saturated carbocycles. The molecule has 0 aromatic heterocycles. The van der Waals surface area contributed by atoms with E-state index in [0.717, 1.165) is 18.7 Å². The van der Waals surface area contributed by atoms with E-state index >= 15 is 0 Å². The summed E-state index contributed by atoms with van der Waals surface area (Å²) < 4.78 is 5.37. The molecule has 1 aromatic rings. The van der Waals surface area contributed by atoms with Gasteiger partial charge in [-0.15, -0.1) is 0 Å². The highest BCUT2D eigenvalue weighted by molar-refractivity contribution is 5.41. The van der Waals surface area contributed by atoms with Gasteiger partial charge in [-0.25, -0.2) is 5.43 Å². The van der Waals surface area contributed by atoms with Crippen molar-refractivity contribution >= 4 is 0 Å². The summed E-state index contributed by atoms with van der Waals surface area (Å²) in [7, 11) is 1.71. The third kappa shape index (κ3) is 3.48. The van der Waals surface area contributed by atoms with E-state index in [9.17, 15) is 0 Å². The summed E-state index contributed by atoms with van der Waals surface area (Å²) in [5, 5.41) is 3.18. The van der Waals surface area contributed by atoms with Gasteiger partial charge in [0.2, 0.25) is 0 Å². The summed E-state index contributed by atoms with van der Waals surface area (Å²) in [6.45, 7) is 5.71. The number of methoxy groups -OCH3 is 1. The minimum Gasteiger partial charge on any atom is -0.496 e. The third-order valence-electron chi connectivity index (χ3n) is 2.69. The summed E-state index contributed by atoms with van der Waals surface area (Å²) in [6.07, 6.45) is 0.936. The monoisotopic (exact) mass is 223 g/mol. The van der Waals surface area contributed by atoms with Gasteiger partial charge in [0.15, 0.2) is 0 Å². The smallest absolute Gasteiger partial charge is 0.122 e. The summed E-state index contributed by atoms with van der Waals surface area (Å²) >= 11 is 0. The first-order chi connectivity index (χ1) is 7.69. The highest BCUT2D eigenvalue weighted by atomic mass is 16.5. The Labute approximate surface area is 97.1 Å². The number of hydrazine groups is 1. The molecule has 0 spiro atoms. The van der Waals surface area contributed by atoms with Gasteiger partial charge in [0.1, 0.15) is 5.75 Å². The topological polar surface area (TPSA) is 59.3 Å². The summed E-state index contributed by atoms with van der Waals surface area (Å²) in [5.74, 6) is 6.13. The third-order valence-corrected chi connectivity index (χ3v) is 2.69. The van der Waals surface area contributed by atoms with Crippen LogP contribution in [-0.2, 0) is 6.42 Å². The minimum absolute atomic E-state index is 0.618. The molecule has 0 fully saturated rings. The fourth-order valence-corrected chi connectivity index (χ4v) is 1.62. The Morgan fingerprint density at radius 3 is 2.56 bits per heavy atom. The largest absolute Gasteiger partial charge is 0.496 e. The predicted molar refractivity (Wildman–Crippen MR) is 66.4 cm³/mol. The number of aryl methyl sites for hydroxylation is 2. The van der Waals surface area contributed by atoms with Crippen molar-refractivity contribution in [1.29, 1.82) is 0 Å². The Morgan fingerprint density at radius 2 is 1.94 bits per heavy atom. The van der Waals surface area contributed by atoms with Crippen LogP contribution in [0.1, 0.15) is 16.7 Å². The molecule has 4 nitrogen and oxygen atoms in total. The van der Waals surface area contributed by atoms with Gasteiger partial charge in [0, 0.05) is 6.54 Å². The normalized spacial score (nSPS) is 10.5. The zero-order chi connectivity index (χ0) is 12.0. The van der Waals surface area contributed by atoms with Crippen molar-refractivity contribution in [2.24, 2.45) is 5.84 Å². The molecule has 0 unspecified atom stereocenters. The van der Waals surface area contributed by atoms with Crippen LogP contribution >= 0.6 is 0 Å². The average Bonchev–Trinajstić information content (AvgIpc) is 2.28. The quantitative estimate of drug-likeness (QED) is 0.290. The molecule has 0 amide bonds. The Bertz CT molecular complexity index is 339. The number of hydrogen-bond acceptors (Lipinski definition) is 4. The molecule has 16 heavy (non-hydrogen) atoms. The zero-order valence-corrected chi connectivity index (χ0v) is 10.3. The van der Waals surface area contributed by atoms with Crippen molar-refractivity contribution < 1.29 is 4.74 Å². The first kappa shape index (κ1) is 13.0. The Morgan fingerprint density at radius 1 is 1.25 bits per heavy atom. The molecule has 1 rings (SSSR count). The van der Waals surface area contributed by atoms with E-state index in [0.29, 0.717) is 6.67 Å². The molecular formula is C12H21N3O. The number of nitrogens with one attached hydrogen (secondary N) is 2. The first-order valence-electron chi connectivity index (χ1n) is 5.47. The lowest BCUT2D eigenvalue weighted by Gasteiger charge is -2.12. The standard InChI is InChI=1S/C12H21N3O/c1-9-6-11(4-5-14-8-15-13)12(16-3)7-10(9)2/h6-7,14-15H,4-5,8,13H2,1-3H3. The number of ether oxygens (including phenoxy) is 1. The molecule has 0 aliphatic rings. The molecule has 0 aliphatic heterocycles. The second-order valence-corrected chi connectivity index (χ2v) is 3.88. The van der Waals surface area contributed by atoms with E-state index in [1.165, 1.54) is 16.7 Å². The second-order valence-electron chi connectivity index (χ2n) is 3.88. The van der Waals surface area contributed by atoms with Gasteiger partial charge in [-0.05, 0) is 43.0 Å². The molecule has 1 aromatic carbocycles. The van der Waals surface area contributed by atoms with E-state index in [4.69, 9.17) is 10.6 Å². The van der Waals surface area contributed by atoms with Crippen LogP contribution in [0.15, 0.2) is 12.1 Å². The number of nitrogens with two attached hydrogens (primary N) is 1. The molecule has 0 radical (unpaired) electrons. The van der Waals surface area contributed by atoms with Crippen LogP contribution in [0.25, 0.3) is 0 Å². The lowest BCUT2D eigenvalue weighted by Crippen LogP contribution is -2.34. The highest BCUT2D eigenvalue weighted by Gasteiger charge is 2.05. The maximum Gasteiger partial charge on any atom is 0.122 e. The van der Waals surface area contributed by atoms with E-state index in [2.05, 4.69) is 36.7 Å². The molecule has 4 heteroatoms. The van der Waals surface area contributed by atoms with E-state index in [1.807, 2.05) is 0 Å². The SMILES string of the molecule is COc1cc(C)c(C)cc1CCNCNN. The Hall–Kier alpha value is -1.10. The number of hydrogen-bond donors (Lipinski definition) is 3. The summed E-state index contributed by atoms with van der Waals surface area (Å²) in [5.41, 5.74) is 6.35. The van der Waals surface area contributed by atoms with Gasteiger partial charge in [0.05, 0.1) is 13.8 Å².